The minimum atomic E-state index is -1.02. The number of nitrogens with zero attached hydrogens (tertiary/aromatic N) is 3. The number of carboxylic acids is 1. The topological polar surface area (TPSA) is 84.7 Å². The molecule has 1 aromatic heterocycles. The number of aliphatic carboxylic acids is 1. The van der Waals surface area contributed by atoms with Gasteiger partial charge in [-0.1, -0.05) is 24.3 Å². The Bertz CT molecular complexity index is 1060. The number of imidazole rings is 1. The maximum Gasteiger partial charge on any atom is 0.306 e. The summed E-state index contributed by atoms with van der Waals surface area (Å²) in [5.74, 6) is 0.185. The quantitative estimate of drug-likeness (QED) is 0.736. The Labute approximate surface area is 162 Å². The van der Waals surface area contributed by atoms with E-state index in [0.29, 0.717) is 18.1 Å². The number of hydrogen-bond acceptors (Lipinski definition) is 4. The van der Waals surface area contributed by atoms with Crippen molar-refractivity contribution in [1.29, 1.82) is 0 Å². The van der Waals surface area contributed by atoms with Gasteiger partial charge >= 0.3 is 5.97 Å². The van der Waals surface area contributed by atoms with E-state index in [9.17, 15) is 14.7 Å². The number of benzene rings is 2. The van der Waals surface area contributed by atoms with Crippen molar-refractivity contribution in [1.82, 2.24) is 14.5 Å². The van der Waals surface area contributed by atoms with Crippen LogP contribution in [-0.4, -0.2) is 38.5 Å². The van der Waals surface area contributed by atoms with Crippen LogP contribution < -0.4 is 4.74 Å². The lowest BCUT2D eigenvalue weighted by atomic mass is 10.0. The van der Waals surface area contributed by atoms with Crippen LogP contribution in [0.3, 0.4) is 0 Å². The molecule has 0 bridgehead atoms. The predicted octanol–water partition coefficient (Wildman–Crippen LogP) is 3.16. The molecule has 0 spiro atoms. The van der Waals surface area contributed by atoms with E-state index in [4.69, 9.17) is 9.72 Å². The molecule has 0 aliphatic carbocycles. The molecule has 2 heterocycles. The minimum Gasteiger partial charge on any atom is -0.497 e. The summed E-state index contributed by atoms with van der Waals surface area (Å²) in [6, 6.07) is 13.9. The lowest BCUT2D eigenvalue weighted by Crippen LogP contribution is -2.45. The molecule has 7 nitrogen and oxygen atoms in total. The number of aromatic nitrogens is 2. The van der Waals surface area contributed by atoms with Gasteiger partial charge < -0.3 is 19.3 Å². The third kappa shape index (κ3) is 2.98. The van der Waals surface area contributed by atoms with Gasteiger partial charge in [0.25, 0.3) is 0 Å². The summed E-state index contributed by atoms with van der Waals surface area (Å²) in [6.07, 6.45) is -0.284. The molecule has 7 heteroatoms. The van der Waals surface area contributed by atoms with E-state index >= 15 is 0 Å². The number of amides is 1. The first kappa shape index (κ1) is 18.0. The molecule has 2 atom stereocenters. The Morgan fingerprint density at radius 1 is 1.21 bits per heavy atom. The molecule has 1 aliphatic rings. The van der Waals surface area contributed by atoms with Crippen LogP contribution in [0.25, 0.3) is 11.0 Å². The number of fused-ring (bicyclic) bond motifs is 3. The molecular weight excluding hydrogens is 358 g/mol. The van der Waals surface area contributed by atoms with Gasteiger partial charge in [0.1, 0.15) is 17.6 Å². The minimum absolute atomic E-state index is 0.214. The molecule has 0 saturated heterocycles. The van der Waals surface area contributed by atoms with E-state index < -0.39 is 12.0 Å². The molecule has 3 aromatic rings. The summed E-state index contributed by atoms with van der Waals surface area (Å²) in [5, 5.41) is 9.41. The highest BCUT2D eigenvalue weighted by Crippen LogP contribution is 2.37. The van der Waals surface area contributed by atoms with Gasteiger partial charge in [0.2, 0.25) is 5.91 Å². The molecule has 0 radical (unpaired) electrons. The molecule has 0 fully saturated rings. The van der Waals surface area contributed by atoms with Gasteiger partial charge in [-0.05, 0) is 36.8 Å². The summed E-state index contributed by atoms with van der Waals surface area (Å²) < 4.78 is 7.06. The van der Waals surface area contributed by atoms with Gasteiger partial charge in [-0.2, -0.15) is 0 Å². The molecular formula is C21H21N3O4. The van der Waals surface area contributed by atoms with Crippen molar-refractivity contribution in [2.75, 3.05) is 7.11 Å². The van der Waals surface area contributed by atoms with Crippen molar-refractivity contribution < 1.29 is 19.4 Å². The van der Waals surface area contributed by atoms with Crippen molar-refractivity contribution >= 4 is 22.9 Å². The summed E-state index contributed by atoms with van der Waals surface area (Å²) in [5.41, 5.74) is 2.46. The number of rotatable bonds is 5. The molecule has 1 aliphatic heterocycles. The van der Waals surface area contributed by atoms with E-state index in [0.717, 1.165) is 16.6 Å². The maximum atomic E-state index is 13.3. The van der Waals surface area contributed by atoms with E-state index in [1.165, 1.54) is 0 Å². The van der Waals surface area contributed by atoms with E-state index in [2.05, 4.69) is 0 Å². The van der Waals surface area contributed by atoms with Crippen LogP contribution in [0, 0.1) is 0 Å². The van der Waals surface area contributed by atoms with Crippen molar-refractivity contribution in [2.24, 2.45) is 0 Å². The second kappa shape index (κ2) is 6.99. The number of ether oxygens (including phenoxy) is 1. The normalized spacial score (nSPS) is 18.9. The Kier molecular flexibility index (Phi) is 4.50. The van der Waals surface area contributed by atoms with Gasteiger partial charge in [0.05, 0.1) is 30.6 Å². The van der Waals surface area contributed by atoms with Crippen LogP contribution >= 0.6 is 0 Å². The highest BCUT2D eigenvalue weighted by Gasteiger charge is 2.40. The predicted molar refractivity (Wildman–Crippen MR) is 103 cm³/mol. The van der Waals surface area contributed by atoms with Crippen molar-refractivity contribution in [2.45, 2.75) is 32.0 Å². The third-order valence-electron chi connectivity index (χ3n) is 5.20. The molecule has 2 unspecified atom stereocenters. The fourth-order valence-electron chi connectivity index (χ4n) is 3.84. The van der Waals surface area contributed by atoms with Crippen molar-refractivity contribution in [3.05, 3.63) is 59.9 Å². The van der Waals surface area contributed by atoms with Crippen LogP contribution in [0.1, 0.15) is 36.8 Å². The van der Waals surface area contributed by atoms with Gasteiger partial charge in [0.15, 0.2) is 0 Å². The van der Waals surface area contributed by atoms with Crippen LogP contribution in [0.5, 0.6) is 5.75 Å². The summed E-state index contributed by atoms with van der Waals surface area (Å²) in [7, 11) is 1.60. The molecule has 2 aromatic carbocycles. The van der Waals surface area contributed by atoms with Gasteiger partial charge in [0, 0.05) is 6.54 Å². The Morgan fingerprint density at radius 2 is 2.00 bits per heavy atom. The smallest absolute Gasteiger partial charge is 0.306 e. The lowest BCUT2D eigenvalue weighted by Gasteiger charge is -2.38. The molecule has 4 rings (SSSR count). The Morgan fingerprint density at radius 3 is 2.75 bits per heavy atom. The second-order valence-corrected chi connectivity index (χ2v) is 6.94. The van der Waals surface area contributed by atoms with Crippen molar-refractivity contribution in [3.63, 3.8) is 0 Å². The highest BCUT2D eigenvalue weighted by molar-refractivity contribution is 5.89. The molecule has 1 N–H and O–H groups in total. The summed E-state index contributed by atoms with van der Waals surface area (Å²) >= 11 is 0. The Balaban J connectivity index is 1.79. The molecule has 28 heavy (non-hydrogen) atoms. The average molecular weight is 379 g/mol. The third-order valence-corrected chi connectivity index (χ3v) is 5.20. The van der Waals surface area contributed by atoms with Crippen LogP contribution in [0.4, 0.5) is 0 Å². The number of carboxylic acid groups (broad SMARTS) is 1. The summed E-state index contributed by atoms with van der Waals surface area (Å²) in [6.45, 7) is 2.28. The number of methoxy groups -OCH3 is 1. The average Bonchev–Trinajstić information content (AvgIpc) is 3.08. The molecule has 1 amide bonds. The van der Waals surface area contributed by atoms with Crippen molar-refractivity contribution in [3.8, 4) is 5.75 Å². The van der Waals surface area contributed by atoms with Gasteiger partial charge in [-0.25, -0.2) is 4.98 Å². The van der Waals surface area contributed by atoms with E-state index in [1.54, 1.807) is 16.6 Å². The second-order valence-electron chi connectivity index (χ2n) is 6.94. The van der Waals surface area contributed by atoms with E-state index in [-0.39, 0.29) is 18.4 Å². The van der Waals surface area contributed by atoms with Crippen LogP contribution in [-0.2, 0) is 16.1 Å². The number of carbonyl (C=O) groups excluding carboxylic acids is 1. The SMILES string of the molecule is COc1cccc(CN2C(=O)C(CC(=O)O)n3c(nc4ccccc43)C2C)c1. The fourth-order valence-corrected chi connectivity index (χ4v) is 3.84. The largest absolute Gasteiger partial charge is 0.497 e. The first-order chi connectivity index (χ1) is 13.5. The molecule has 0 saturated carbocycles. The van der Waals surface area contributed by atoms with Gasteiger partial charge in [-0.3, -0.25) is 9.59 Å². The fraction of sp³-hybridized carbons (Fsp3) is 0.286. The zero-order valence-corrected chi connectivity index (χ0v) is 15.7. The number of carbonyl (C=O) groups is 2. The first-order valence-corrected chi connectivity index (χ1v) is 9.11. The lowest BCUT2D eigenvalue weighted by molar-refractivity contribution is -0.147. The van der Waals surface area contributed by atoms with Crippen LogP contribution in [0.2, 0.25) is 0 Å². The number of hydrogen-bond donors (Lipinski definition) is 1. The zero-order chi connectivity index (χ0) is 19.8. The van der Waals surface area contributed by atoms with Crippen LogP contribution in [0.15, 0.2) is 48.5 Å². The monoisotopic (exact) mass is 379 g/mol. The first-order valence-electron chi connectivity index (χ1n) is 9.11. The Hall–Kier alpha value is -3.35. The standard InChI is InChI=1S/C21H21N3O4/c1-13-20-22-16-8-3-4-9-17(16)24(20)18(11-19(25)26)21(27)23(13)12-14-6-5-7-15(10-14)28-2/h3-10,13,18H,11-12H2,1-2H3,(H,25,26). The van der Waals surface area contributed by atoms with Gasteiger partial charge in [-0.15, -0.1) is 0 Å². The zero-order valence-electron chi connectivity index (χ0n) is 15.7. The van der Waals surface area contributed by atoms with E-state index in [1.807, 2.05) is 55.5 Å². The maximum absolute atomic E-state index is 13.3. The summed E-state index contributed by atoms with van der Waals surface area (Å²) in [4.78, 5) is 31.2. The highest BCUT2D eigenvalue weighted by atomic mass is 16.5. The molecule has 144 valence electrons. The number of para-hydroxylation sites is 2.